The van der Waals surface area contributed by atoms with E-state index in [1.807, 2.05) is 61.5 Å². The maximum atomic E-state index is 13.6. The number of sulfonamides is 1. The molecule has 0 unspecified atom stereocenters. The minimum atomic E-state index is -3.70. The zero-order chi connectivity index (χ0) is 26.3. The number of ether oxygens (including phenoxy) is 1. The molecule has 0 saturated heterocycles. The van der Waals surface area contributed by atoms with Gasteiger partial charge in [-0.25, -0.2) is 8.42 Å². The summed E-state index contributed by atoms with van der Waals surface area (Å²) in [6.45, 7) is 3.22. The molecule has 0 aliphatic heterocycles. The van der Waals surface area contributed by atoms with Gasteiger partial charge in [0.15, 0.2) is 0 Å². The van der Waals surface area contributed by atoms with E-state index in [1.54, 1.807) is 35.7 Å². The molecule has 0 radical (unpaired) electrons. The Kier molecular flexibility index (Phi) is 9.00. The fraction of sp³-hybridized carbons (Fsp3) is 0.367. The topological polar surface area (TPSA) is 75.7 Å². The average molecular weight is 521 g/mol. The van der Waals surface area contributed by atoms with E-state index in [4.69, 9.17) is 4.74 Å². The molecule has 0 aromatic heterocycles. The number of methoxy groups -OCH3 is 1. The Balaban J connectivity index is 1.41. The van der Waals surface area contributed by atoms with E-state index in [0.29, 0.717) is 18.8 Å². The summed E-state index contributed by atoms with van der Waals surface area (Å²) in [6, 6.07) is 24.3. The quantitative estimate of drug-likeness (QED) is 0.393. The maximum Gasteiger partial charge on any atom is 0.243 e. The van der Waals surface area contributed by atoms with Crippen LogP contribution in [0.3, 0.4) is 0 Å². The third-order valence-electron chi connectivity index (χ3n) is 7.19. The van der Waals surface area contributed by atoms with E-state index >= 15 is 0 Å². The molecule has 196 valence electrons. The molecule has 0 bridgehead atoms. The fourth-order valence-corrected chi connectivity index (χ4v) is 6.46. The van der Waals surface area contributed by atoms with Crippen molar-refractivity contribution >= 4 is 15.9 Å². The molecule has 37 heavy (non-hydrogen) atoms. The van der Waals surface area contributed by atoms with Gasteiger partial charge in [-0.3, -0.25) is 4.79 Å². The van der Waals surface area contributed by atoms with E-state index in [2.05, 4.69) is 5.32 Å². The molecule has 1 amide bonds. The van der Waals surface area contributed by atoms with E-state index in [-0.39, 0.29) is 29.2 Å². The highest BCUT2D eigenvalue weighted by atomic mass is 32.2. The summed E-state index contributed by atoms with van der Waals surface area (Å²) >= 11 is 0. The lowest BCUT2D eigenvalue weighted by Gasteiger charge is -2.32. The van der Waals surface area contributed by atoms with Crippen LogP contribution in [0.15, 0.2) is 83.8 Å². The number of rotatable bonds is 10. The largest absolute Gasteiger partial charge is 0.496 e. The van der Waals surface area contributed by atoms with Gasteiger partial charge >= 0.3 is 0 Å². The Labute approximate surface area is 220 Å². The summed E-state index contributed by atoms with van der Waals surface area (Å²) in [6.07, 6.45) is 3.15. The second-order valence-electron chi connectivity index (χ2n) is 9.84. The van der Waals surface area contributed by atoms with Crippen molar-refractivity contribution in [3.63, 3.8) is 0 Å². The zero-order valence-electron chi connectivity index (χ0n) is 21.6. The Morgan fingerprint density at radius 3 is 2.24 bits per heavy atom. The van der Waals surface area contributed by atoms with Gasteiger partial charge in [0.05, 0.1) is 12.0 Å². The highest BCUT2D eigenvalue weighted by Crippen LogP contribution is 2.32. The normalized spacial score (nSPS) is 17.9. The Bertz CT molecular complexity index is 1270. The van der Waals surface area contributed by atoms with Crippen LogP contribution in [0.2, 0.25) is 0 Å². The summed E-state index contributed by atoms with van der Waals surface area (Å²) in [5, 5.41) is 3.08. The predicted molar refractivity (Wildman–Crippen MR) is 146 cm³/mol. The van der Waals surface area contributed by atoms with Crippen molar-refractivity contribution in [3.05, 3.63) is 95.6 Å². The molecule has 1 fully saturated rings. The van der Waals surface area contributed by atoms with Gasteiger partial charge in [0, 0.05) is 31.1 Å². The van der Waals surface area contributed by atoms with Gasteiger partial charge in [-0.1, -0.05) is 66.2 Å². The van der Waals surface area contributed by atoms with Crippen LogP contribution in [0.1, 0.15) is 42.4 Å². The standard InChI is InChI=1S/C30H36N2O4S/c1-23-12-14-24(15-13-23)20-31-30(33)26-18-16-25(17-19-26)21-32(22-27-8-6-7-11-29(27)36-2)37(34,35)28-9-4-3-5-10-28/h3-15,25-26H,16-22H2,1-2H3,(H,31,33). The number of hydrogen-bond donors (Lipinski definition) is 1. The molecule has 1 aliphatic rings. The van der Waals surface area contributed by atoms with Crippen LogP contribution in [-0.2, 0) is 27.9 Å². The van der Waals surface area contributed by atoms with Gasteiger partial charge in [-0.15, -0.1) is 0 Å². The van der Waals surface area contributed by atoms with Gasteiger partial charge in [0.1, 0.15) is 5.75 Å². The SMILES string of the molecule is COc1ccccc1CN(CC1CCC(C(=O)NCc2ccc(C)cc2)CC1)S(=O)(=O)c1ccccc1. The molecule has 0 heterocycles. The van der Waals surface area contributed by atoms with Crippen LogP contribution in [0.25, 0.3) is 0 Å². The summed E-state index contributed by atoms with van der Waals surface area (Å²) in [5.41, 5.74) is 3.11. The summed E-state index contributed by atoms with van der Waals surface area (Å²) in [4.78, 5) is 13.1. The van der Waals surface area contributed by atoms with Crippen molar-refractivity contribution in [2.45, 2.75) is 50.6 Å². The maximum absolute atomic E-state index is 13.6. The third-order valence-corrected chi connectivity index (χ3v) is 9.01. The molecule has 1 aliphatic carbocycles. The number of amides is 1. The van der Waals surface area contributed by atoms with E-state index < -0.39 is 10.0 Å². The number of carbonyl (C=O) groups is 1. The lowest BCUT2D eigenvalue weighted by molar-refractivity contribution is -0.126. The van der Waals surface area contributed by atoms with Crippen molar-refractivity contribution in [2.75, 3.05) is 13.7 Å². The van der Waals surface area contributed by atoms with E-state index in [0.717, 1.165) is 36.8 Å². The number of carbonyl (C=O) groups excluding carboxylic acids is 1. The van der Waals surface area contributed by atoms with E-state index in [1.165, 1.54) is 5.56 Å². The molecule has 4 rings (SSSR count). The van der Waals surface area contributed by atoms with Crippen LogP contribution in [0.5, 0.6) is 5.75 Å². The first-order valence-electron chi connectivity index (χ1n) is 12.9. The minimum Gasteiger partial charge on any atom is -0.496 e. The number of aryl methyl sites for hydroxylation is 1. The Hall–Kier alpha value is -3.16. The third kappa shape index (κ3) is 6.99. The first-order chi connectivity index (χ1) is 17.9. The molecular weight excluding hydrogens is 484 g/mol. The van der Waals surface area contributed by atoms with Crippen molar-refractivity contribution in [1.82, 2.24) is 9.62 Å². The van der Waals surface area contributed by atoms with Gasteiger partial charge in [-0.05, 0) is 62.3 Å². The van der Waals surface area contributed by atoms with Crippen molar-refractivity contribution in [3.8, 4) is 5.75 Å². The second kappa shape index (κ2) is 12.4. The Morgan fingerprint density at radius 2 is 1.57 bits per heavy atom. The van der Waals surface area contributed by atoms with Crippen molar-refractivity contribution < 1.29 is 17.9 Å². The van der Waals surface area contributed by atoms with Crippen LogP contribution < -0.4 is 10.1 Å². The van der Waals surface area contributed by atoms with Gasteiger partial charge in [0.2, 0.25) is 15.9 Å². The minimum absolute atomic E-state index is 0.0323. The number of hydrogen-bond acceptors (Lipinski definition) is 4. The highest BCUT2D eigenvalue weighted by molar-refractivity contribution is 7.89. The van der Waals surface area contributed by atoms with Crippen LogP contribution in [0.4, 0.5) is 0 Å². The Morgan fingerprint density at radius 1 is 0.919 bits per heavy atom. The van der Waals surface area contributed by atoms with Crippen LogP contribution in [-0.4, -0.2) is 32.3 Å². The predicted octanol–water partition coefficient (Wildman–Crippen LogP) is 5.32. The van der Waals surface area contributed by atoms with Crippen molar-refractivity contribution in [2.24, 2.45) is 11.8 Å². The van der Waals surface area contributed by atoms with Crippen LogP contribution >= 0.6 is 0 Å². The fourth-order valence-electron chi connectivity index (χ4n) is 4.95. The number of para-hydroxylation sites is 1. The van der Waals surface area contributed by atoms with Gasteiger partial charge < -0.3 is 10.1 Å². The number of benzene rings is 3. The molecular formula is C30H36N2O4S. The smallest absolute Gasteiger partial charge is 0.243 e. The molecule has 1 N–H and O–H groups in total. The van der Waals surface area contributed by atoms with Crippen LogP contribution in [0, 0.1) is 18.8 Å². The van der Waals surface area contributed by atoms with Crippen molar-refractivity contribution in [1.29, 1.82) is 0 Å². The molecule has 1 saturated carbocycles. The molecule has 7 heteroatoms. The van der Waals surface area contributed by atoms with Gasteiger partial charge in [0.25, 0.3) is 0 Å². The summed E-state index contributed by atoms with van der Waals surface area (Å²) in [5.74, 6) is 0.913. The summed E-state index contributed by atoms with van der Waals surface area (Å²) < 4.78 is 34.4. The zero-order valence-corrected chi connectivity index (χ0v) is 22.4. The number of nitrogens with one attached hydrogen (secondary N) is 1. The monoisotopic (exact) mass is 520 g/mol. The summed E-state index contributed by atoms with van der Waals surface area (Å²) in [7, 11) is -2.10. The van der Waals surface area contributed by atoms with Gasteiger partial charge in [-0.2, -0.15) is 4.31 Å². The molecule has 3 aromatic carbocycles. The molecule has 0 spiro atoms. The molecule has 3 aromatic rings. The highest BCUT2D eigenvalue weighted by Gasteiger charge is 2.32. The second-order valence-corrected chi connectivity index (χ2v) is 11.8. The molecule has 0 atom stereocenters. The first-order valence-corrected chi connectivity index (χ1v) is 14.3. The average Bonchev–Trinajstić information content (AvgIpc) is 2.93. The lowest BCUT2D eigenvalue weighted by atomic mass is 9.81. The lowest BCUT2D eigenvalue weighted by Crippen LogP contribution is -2.38. The molecule has 6 nitrogen and oxygen atoms in total. The first kappa shape index (κ1) is 26.9. The van der Waals surface area contributed by atoms with E-state index in [9.17, 15) is 13.2 Å². The number of nitrogens with zero attached hydrogens (tertiary/aromatic N) is 1.